The zero-order valence-electron chi connectivity index (χ0n) is 25.1. The van der Waals surface area contributed by atoms with Gasteiger partial charge in [0, 0.05) is 41.3 Å². The number of fused-ring (bicyclic) bond motifs is 2. The van der Waals surface area contributed by atoms with E-state index >= 15 is 0 Å². The summed E-state index contributed by atoms with van der Waals surface area (Å²) in [5.74, 6) is 1.17. The van der Waals surface area contributed by atoms with Crippen molar-refractivity contribution in [3.63, 3.8) is 0 Å². The molecule has 0 saturated carbocycles. The van der Waals surface area contributed by atoms with Crippen LogP contribution in [0.15, 0.2) is 56.1 Å². The Bertz CT molecular complexity index is 1770. The Morgan fingerprint density at radius 3 is 1.61 bits per heavy atom. The number of aliphatic hydroxyl groups is 2. The van der Waals surface area contributed by atoms with Crippen molar-refractivity contribution in [1.29, 1.82) is 0 Å². The molecule has 0 radical (unpaired) electrons. The number of aromatic nitrogens is 8. The Labute approximate surface area is 249 Å². The van der Waals surface area contributed by atoms with E-state index in [-0.39, 0.29) is 35.7 Å². The van der Waals surface area contributed by atoms with E-state index in [1.165, 1.54) is 35.9 Å². The van der Waals surface area contributed by atoms with Crippen LogP contribution in [0.1, 0.15) is 0 Å². The molecule has 0 aliphatic heterocycles. The zero-order chi connectivity index (χ0) is 33.0. The van der Waals surface area contributed by atoms with Crippen LogP contribution in [0.4, 0.5) is 0 Å². The Balaban J connectivity index is 0.000000217. The number of aliphatic hydroxyl groups excluding tert-OH is 2. The Kier molecular flexibility index (Phi) is 13.2. The molecular weight excluding hydrogens is 580 g/mol. The molecule has 0 aliphatic rings. The molecule has 0 spiro atoms. The molecule has 8 N–H and O–H groups in total. The first-order chi connectivity index (χ1) is 20.9. The van der Waals surface area contributed by atoms with Gasteiger partial charge in [0.2, 0.25) is 0 Å². The van der Waals surface area contributed by atoms with Crippen molar-refractivity contribution in [3.05, 3.63) is 78.6 Å². The number of imidazole rings is 2. The van der Waals surface area contributed by atoms with E-state index in [1.807, 2.05) is 12.1 Å². The van der Waals surface area contributed by atoms with Crippen LogP contribution in [0, 0.1) is 0 Å². The normalized spacial score (nSPS) is 11.0. The van der Waals surface area contributed by atoms with Gasteiger partial charge in [0.15, 0.2) is 22.8 Å². The predicted molar refractivity (Wildman–Crippen MR) is 163 cm³/mol. The van der Waals surface area contributed by atoms with Crippen LogP contribution in [-0.2, 0) is 28.2 Å². The summed E-state index contributed by atoms with van der Waals surface area (Å²) in [5.41, 5.74) is 9.83. The van der Waals surface area contributed by atoms with Crippen molar-refractivity contribution in [3.8, 4) is 11.5 Å². The molecule has 4 heterocycles. The number of nitrogens with one attached hydrogen (secondary N) is 2. The molecule has 5 aromatic rings. The molecule has 0 aliphatic carbocycles. The minimum Gasteiger partial charge on any atom is -0.493 e. The number of hydrogen-bond donors (Lipinski definition) is 6. The fourth-order valence-corrected chi connectivity index (χ4v) is 3.51. The summed E-state index contributed by atoms with van der Waals surface area (Å²) < 4.78 is 15.0. The van der Waals surface area contributed by atoms with Gasteiger partial charge in [0.25, 0.3) is 11.1 Å². The quantitative estimate of drug-likeness (QED) is 0.113. The third-order valence-electron chi connectivity index (χ3n) is 5.94. The van der Waals surface area contributed by atoms with E-state index < -0.39 is 6.10 Å². The number of rotatable bonds is 6. The first-order valence-corrected chi connectivity index (χ1v) is 13.1. The zero-order valence-corrected chi connectivity index (χ0v) is 25.1. The van der Waals surface area contributed by atoms with Gasteiger partial charge in [0.1, 0.15) is 23.7 Å². The number of H-pyrrole nitrogens is 2. The summed E-state index contributed by atoms with van der Waals surface area (Å²) in [5, 5.41) is 17.6. The summed E-state index contributed by atoms with van der Waals surface area (Å²) >= 11 is 0. The van der Waals surface area contributed by atoms with Crippen molar-refractivity contribution in [2.75, 3.05) is 33.4 Å². The van der Waals surface area contributed by atoms with Crippen molar-refractivity contribution < 1.29 is 19.7 Å². The van der Waals surface area contributed by atoms with Gasteiger partial charge in [-0.15, -0.1) is 0 Å². The number of para-hydroxylation sites is 2. The van der Waals surface area contributed by atoms with E-state index in [0.717, 1.165) is 9.13 Å². The average molecular weight is 619 g/mol. The summed E-state index contributed by atoms with van der Waals surface area (Å²) in [7, 11) is 7.57. The first kappa shape index (κ1) is 35.2. The van der Waals surface area contributed by atoms with Gasteiger partial charge in [-0.2, -0.15) is 0 Å². The molecule has 240 valence electrons. The third kappa shape index (κ3) is 8.28. The summed E-state index contributed by atoms with van der Waals surface area (Å²) in [6.45, 7) is 0.937. The van der Waals surface area contributed by atoms with Gasteiger partial charge in [-0.3, -0.25) is 27.9 Å². The second-order valence-corrected chi connectivity index (χ2v) is 8.99. The molecule has 1 atom stereocenters. The Hall–Kier alpha value is -5.04. The lowest BCUT2D eigenvalue weighted by atomic mass is 10.3. The number of aryl methyl sites for hydroxylation is 2. The van der Waals surface area contributed by atoms with Gasteiger partial charge in [-0.25, -0.2) is 19.6 Å². The van der Waals surface area contributed by atoms with Crippen LogP contribution >= 0.6 is 0 Å². The van der Waals surface area contributed by atoms with Crippen LogP contribution < -0.4 is 43.4 Å². The minimum absolute atomic E-state index is 0.0525. The highest BCUT2D eigenvalue weighted by Gasteiger charge is 2.10. The molecule has 4 aromatic heterocycles. The van der Waals surface area contributed by atoms with Crippen LogP contribution in [0.2, 0.25) is 0 Å². The number of hydrogen-bond acceptors (Lipinski definition) is 12. The number of ether oxygens (including phenoxy) is 2. The predicted octanol–water partition coefficient (Wildman–Crippen LogP) is -2.75. The molecule has 1 aromatic carbocycles. The largest absolute Gasteiger partial charge is 0.493 e. The molecule has 0 fully saturated rings. The topological polar surface area (TPSA) is 256 Å². The van der Waals surface area contributed by atoms with Crippen LogP contribution in [0.5, 0.6) is 11.5 Å². The lowest BCUT2D eigenvalue weighted by Crippen LogP contribution is -2.36. The smallest absolute Gasteiger partial charge is 0.332 e. The molecule has 1 unspecified atom stereocenters. The molecule has 44 heavy (non-hydrogen) atoms. The van der Waals surface area contributed by atoms with E-state index in [0.29, 0.717) is 46.9 Å². The number of nitrogens with zero attached hydrogens (tertiary/aromatic N) is 6. The van der Waals surface area contributed by atoms with E-state index in [9.17, 15) is 19.2 Å². The summed E-state index contributed by atoms with van der Waals surface area (Å²) in [4.78, 5) is 58.8. The Morgan fingerprint density at radius 1 is 0.795 bits per heavy atom. The second-order valence-electron chi connectivity index (χ2n) is 8.99. The molecule has 18 heteroatoms. The van der Waals surface area contributed by atoms with Gasteiger partial charge in [0.05, 0.1) is 26.4 Å². The number of benzene rings is 1. The SMILES string of the molecule is COc1ccccc1OCC(O)CO.Cn1c(=O)c2[nH]cnc2n(C)c1=O.Cn1c(=O)c2[nH]cnc2n(C)c1=O.NCCN. The van der Waals surface area contributed by atoms with Crippen molar-refractivity contribution in [1.82, 2.24) is 38.2 Å². The maximum Gasteiger partial charge on any atom is 0.332 e. The lowest BCUT2D eigenvalue weighted by molar-refractivity contribution is 0.0527. The van der Waals surface area contributed by atoms with E-state index in [4.69, 9.17) is 31.2 Å². The van der Waals surface area contributed by atoms with E-state index in [2.05, 4.69) is 19.9 Å². The van der Waals surface area contributed by atoms with Crippen LogP contribution in [-0.4, -0.2) is 87.9 Å². The summed E-state index contributed by atoms with van der Waals surface area (Å²) in [6.07, 6.45) is 1.93. The monoisotopic (exact) mass is 618 g/mol. The fourth-order valence-electron chi connectivity index (χ4n) is 3.51. The van der Waals surface area contributed by atoms with Crippen LogP contribution in [0.3, 0.4) is 0 Å². The number of nitrogens with two attached hydrogens (primary N) is 2. The third-order valence-corrected chi connectivity index (χ3v) is 5.94. The fraction of sp³-hybridized carbons (Fsp3) is 0.385. The number of methoxy groups -OCH3 is 1. The standard InChI is InChI=1S/C10H14O4.2C7H8N4O2.C2H8N2/c1-13-9-4-2-3-5-10(9)14-7-8(12)6-11;2*1-10-5-4(8-3-9-5)6(12)11(2)7(10)13;3-1-2-4/h2-5,8,11-12H,6-7H2,1H3;2*3H,1-2H3,(H,8,9);1-4H2. The number of aromatic amines is 2. The van der Waals surface area contributed by atoms with Gasteiger partial charge in [-0.05, 0) is 12.1 Å². The average Bonchev–Trinajstić information content (AvgIpc) is 3.75. The van der Waals surface area contributed by atoms with Gasteiger partial charge in [-0.1, -0.05) is 12.1 Å². The Morgan fingerprint density at radius 2 is 1.23 bits per heavy atom. The lowest BCUT2D eigenvalue weighted by Gasteiger charge is -2.12. The van der Waals surface area contributed by atoms with Crippen LogP contribution in [0.25, 0.3) is 22.3 Å². The minimum atomic E-state index is -0.861. The van der Waals surface area contributed by atoms with Gasteiger partial charge >= 0.3 is 11.4 Å². The molecule has 5 rings (SSSR count). The molecule has 0 amide bonds. The second kappa shape index (κ2) is 16.6. The van der Waals surface area contributed by atoms with Crippen molar-refractivity contribution in [2.24, 2.45) is 39.7 Å². The maximum atomic E-state index is 11.4. The van der Waals surface area contributed by atoms with Crippen molar-refractivity contribution in [2.45, 2.75) is 6.10 Å². The molecule has 0 bridgehead atoms. The molecule has 0 saturated heterocycles. The molecular formula is C26H38N10O8. The first-order valence-electron chi connectivity index (χ1n) is 13.1. The maximum absolute atomic E-state index is 11.4. The van der Waals surface area contributed by atoms with Gasteiger partial charge < -0.3 is 41.1 Å². The van der Waals surface area contributed by atoms with Crippen molar-refractivity contribution >= 4 is 22.3 Å². The highest BCUT2D eigenvalue weighted by atomic mass is 16.5. The summed E-state index contributed by atoms with van der Waals surface area (Å²) in [6, 6.07) is 7.14. The molecule has 18 nitrogen and oxygen atoms in total. The van der Waals surface area contributed by atoms with E-state index in [1.54, 1.807) is 33.3 Å². The highest BCUT2D eigenvalue weighted by Crippen LogP contribution is 2.25. The highest BCUT2D eigenvalue weighted by molar-refractivity contribution is 5.69.